The smallest absolute Gasteiger partial charge is 0.351 e. The van der Waals surface area contributed by atoms with Crippen molar-refractivity contribution in [3.05, 3.63) is 82.8 Å². The van der Waals surface area contributed by atoms with Crippen LogP contribution in [-0.4, -0.2) is 32.8 Å². The van der Waals surface area contributed by atoms with Crippen LogP contribution >= 0.6 is 11.6 Å². The molecule has 1 aliphatic rings. The first-order chi connectivity index (χ1) is 18.8. The number of anilines is 1. The van der Waals surface area contributed by atoms with Crippen LogP contribution in [0, 0.1) is 5.41 Å². The van der Waals surface area contributed by atoms with E-state index in [0.717, 1.165) is 6.07 Å². The van der Waals surface area contributed by atoms with Gasteiger partial charge in [0.25, 0.3) is 5.91 Å². The third-order valence-electron chi connectivity index (χ3n) is 6.61. The minimum Gasteiger partial charge on any atom is -0.351 e. The zero-order chi connectivity index (χ0) is 28.9. The lowest BCUT2D eigenvalue weighted by atomic mass is 10.1. The second kappa shape index (κ2) is 9.81. The maximum absolute atomic E-state index is 13.2. The standard InChI is InChI=1S/C26H18ClF6N5O2/c27-19-5-4-14(10-35-23(40)24(6-7-24)26(31,32)33)8-17(19)22(39)37-20-2-1-3-21-18(20)13-36-38(21)16-9-15(11-34-12-16)25(28,29)30/h1-5,8-9,11-13H,6-7,10H2,(H,35,40)(H,37,39). The number of fused-ring (bicyclic) bond motifs is 1. The predicted octanol–water partition coefficient (Wildman–Crippen LogP) is 6.30. The Kier molecular flexibility index (Phi) is 6.73. The van der Waals surface area contributed by atoms with E-state index in [4.69, 9.17) is 11.6 Å². The largest absolute Gasteiger partial charge is 0.417 e. The molecule has 40 heavy (non-hydrogen) atoms. The fourth-order valence-electron chi connectivity index (χ4n) is 4.23. The molecular weight excluding hydrogens is 564 g/mol. The summed E-state index contributed by atoms with van der Waals surface area (Å²) in [4.78, 5) is 28.9. The molecule has 1 fully saturated rings. The highest BCUT2D eigenvalue weighted by molar-refractivity contribution is 6.34. The van der Waals surface area contributed by atoms with Gasteiger partial charge < -0.3 is 10.6 Å². The number of amides is 2. The lowest BCUT2D eigenvalue weighted by Gasteiger charge is -2.18. The third kappa shape index (κ3) is 5.08. The van der Waals surface area contributed by atoms with Gasteiger partial charge in [-0.05, 0) is 48.7 Å². The number of pyridine rings is 1. The molecule has 0 saturated heterocycles. The molecule has 2 aromatic carbocycles. The van der Waals surface area contributed by atoms with Gasteiger partial charge in [-0.25, -0.2) is 4.68 Å². The number of halogens is 7. The summed E-state index contributed by atoms with van der Waals surface area (Å²) in [5.74, 6) is -1.78. The number of alkyl halides is 6. The van der Waals surface area contributed by atoms with Gasteiger partial charge in [-0.15, -0.1) is 0 Å². The van der Waals surface area contributed by atoms with Crippen LogP contribution in [0.4, 0.5) is 32.0 Å². The number of hydrogen-bond donors (Lipinski definition) is 2. The van der Waals surface area contributed by atoms with E-state index in [1.807, 2.05) is 0 Å². The summed E-state index contributed by atoms with van der Waals surface area (Å²) >= 11 is 6.20. The number of carbonyl (C=O) groups excluding carboxylic acids is 2. The van der Waals surface area contributed by atoms with Crippen molar-refractivity contribution in [3.8, 4) is 5.69 Å². The van der Waals surface area contributed by atoms with E-state index in [-0.39, 0.29) is 41.3 Å². The summed E-state index contributed by atoms with van der Waals surface area (Å²) in [6.45, 7) is -0.249. The molecule has 7 nitrogen and oxygen atoms in total. The lowest BCUT2D eigenvalue weighted by Crippen LogP contribution is -2.40. The van der Waals surface area contributed by atoms with Crippen LogP contribution in [0.3, 0.4) is 0 Å². The third-order valence-corrected chi connectivity index (χ3v) is 6.94. The molecule has 0 atom stereocenters. The van der Waals surface area contributed by atoms with Crippen molar-refractivity contribution in [2.24, 2.45) is 5.41 Å². The summed E-state index contributed by atoms with van der Waals surface area (Å²) in [6.07, 6.45) is -6.51. The zero-order valence-electron chi connectivity index (χ0n) is 20.2. The monoisotopic (exact) mass is 581 g/mol. The number of hydrogen-bond acceptors (Lipinski definition) is 4. The van der Waals surface area contributed by atoms with Crippen molar-refractivity contribution >= 4 is 40.0 Å². The van der Waals surface area contributed by atoms with Gasteiger partial charge in [0.2, 0.25) is 5.91 Å². The molecule has 2 N–H and O–H groups in total. The van der Waals surface area contributed by atoms with Crippen LogP contribution in [0.15, 0.2) is 61.1 Å². The van der Waals surface area contributed by atoms with E-state index in [9.17, 15) is 35.9 Å². The van der Waals surface area contributed by atoms with Crippen LogP contribution in [-0.2, 0) is 17.5 Å². The number of benzene rings is 2. The first-order valence-electron chi connectivity index (χ1n) is 11.7. The fourth-order valence-corrected chi connectivity index (χ4v) is 4.43. The van der Waals surface area contributed by atoms with Crippen LogP contribution in [0.2, 0.25) is 5.02 Å². The molecular formula is C26H18ClF6N5O2. The Bertz CT molecular complexity index is 1630. The van der Waals surface area contributed by atoms with Gasteiger partial charge in [-0.3, -0.25) is 14.6 Å². The second-order valence-electron chi connectivity index (χ2n) is 9.26. The first-order valence-corrected chi connectivity index (χ1v) is 12.1. The highest BCUT2D eigenvalue weighted by atomic mass is 35.5. The Balaban J connectivity index is 1.36. The molecule has 0 unspecified atom stereocenters. The molecule has 4 aromatic rings. The minimum absolute atomic E-state index is 0.00292. The molecule has 5 rings (SSSR count). The van der Waals surface area contributed by atoms with Crippen LogP contribution in [0.1, 0.15) is 34.3 Å². The molecule has 0 aliphatic heterocycles. The summed E-state index contributed by atoms with van der Waals surface area (Å²) < 4.78 is 80.3. The van der Waals surface area contributed by atoms with Gasteiger partial charge in [0.05, 0.1) is 45.4 Å². The zero-order valence-corrected chi connectivity index (χ0v) is 21.0. The van der Waals surface area contributed by atoms with E-state index in [0.29, 0.717) is 22.7 Å². The number of nitrogens with zero attached hydrogens (tertiary/aromatic N) is 3. The van der Waals surface area contributed by atoms with Crippen LogP contribution < -0.4 is 10.6 Å². The average molecular weight is 582 g/mol. The molecule has 1 aliphatic carbocycles. The van der Waals surface area contributed by atoms with Crippen molar-refractivity contribution in [1.82, 2.24) is 20.1 Å². The molecule has 1 saturated carbocycles. The van der Waals surface area contributed by atoms with Crippen molar-refractivity contribution < 1.29 is 35.9 Å². The van der Waals surface area contributed by atoms with Gasteiger partial charge in [0.15, 0.2) is 0 Å². The van der Waals surface area contributed by atoms with Crippen molar-refractivity contribution in [3.63, 3.8) is 0 Å². The number of carbonyl (C=O) groups is 2. The maximum atomic E-state index is 13.2. The second-order valence-corrected chi connectivity index (χ2v) is 9.66. The fraction of sp³-hybridized carbons (Fsp3) is 0.231. The van der Waals surface area contributed by atoms with Crippen molar-refractivity contribution in [1.29, 1.82) is 0 Å². The lowest BCUT2D eigenvalue weighted by molar-refractivity contribution is -0.192. The number of rotatable bonds is 6. The minimum atomic E-state index is -4.64. The Hall–Kier alpha value is -4.13. The summed E-state index contributed by atoms with van der Waals surface area (Å²) in [5, 5.41) is 9.58. The van der Waals surface area contributed by atoms with Gasteiger partial charge in [0.1, 0.15) is 5.41 Å². The Morgan fingerprint density at radius 3 is 2.42 bits per heavy atom. The molecule has 0 bridgehead atoms. The normalized spacial score (nSPS) is 14.7. The molecule has 208 valence electrons. The van der Waals surface area contributed by atoms with E-state index in [1.54, 1.807) is 18.2 Å². The Labute approximate surface area is 227 Å². The molecule has 0 spiro atoms. The van der Waals surface area contributed by atoms with Gasteiger partial charge in [-0.1, -0.05) is 23.7 Å². The molecule has 2 heterocycles. The van der Waals surface area contributed by atoms with E-state index >= 15 is 0 Å². The Morgan fingerprint density at radius 2 is 1.75 bits per heavy atom. The van der Waals surface area contributed by atoms with Crippen LogP contribution in [0.5, 0.6) is 0 Å². The van der Waals surface area contributed by atoms with E-state index in [2.05, 4.69) is 20.7 Å². The molecule has 2 aromatic heterocycles. The molecule has 0 radical (unpaired) electrons. The summed E-state index contributed by atoms with van der Waals surface area (Å²) in [7, 11) is 0. The topological polar surface area (TPSA) is 88.9 Å². The summed E-state index contributed by atoms with van der Waals surface area (Å²) in [6, 6.07) is 9.83. The average Bonchev–Trinajstić information content (AvgIpc) is 3.62. The maximum Gasteiger partial charge on any atom is 0.417 e. The first kappa shape index (κ1) is 27.4. The quantitative estimate of drug-likeness (QED) is 0.262. The molecule has 2 amide bonds. The number of nitrogens with one attached hydrogen (secondary N) is 2. The van der Waals surface area contributed by atoms with Crippen molar-refractivity contribution in [2.75, 3.05) is 5.32 Å². The summed E-state index contributed by atoms with van der Waals surface area (Å²) in [5.41, 5.74) is -2.24. The highest BCUT2D eigenvalue weighted by Crippen LogP contribution is 2.57. The highest BCUT2D eigenvalue weighted by Gasteiger charge is 2.68. The van der Waals surface area contributed by atoms with Crippen molar-refractivity contribution in [2.45, 2.75) is 31.7 Å². The predicted molar refractivity (Wildman–Crippen MR) is 133 cm³/mol. The van der Waals surface area contributed by atoms with Crippen LogP contribution in [0.25, 0.3) is 16.6 Å². The Morgan fingerprint density at radius 1 is 1.00 bits per heavy atom. The molecule has 14 heteroatoms. The SMILES string of the molecule is O=C(Nc1cccc2c1cnn2-c1cncc(C(F)(F)F)c1)c1cc(CNC(=O)C2(C(F)(F)F)CC2)ccc1Cl. The van der Waals surface area contributed by atoms with E-state index < -0.39 is 35.1 Å². The van der Waals surface area contributed by atoms with Gasteiger partial charge >= 0.3 is 12.4 Å². The number of aromatic nitrogens is 3. The van der Waals surface area contributed by atoms with Gasteiger partial charge in [-0.2, -0.15) is 31.4 Å². The van der Waals surface area contributed by atoms with E-state index in [1.165, 1.54) is 35.3 Å². The van der Waals surface area contributed by atoms with Gasteiger partial charge in [0, 0.05) is 18.1 Å².